The zero-order chi connectivity index (χ0) is 16.8. The lowest BCUT2D eigenvalue weighted by atomic mass is 10.0. The van der Waals surface area contributed by atoms with Crippen LogP contribution in [0.25, 0.3) is 0 Å². The molecule has 1 N–H and O–H groups in total. The Bertz CT molecular complexity index is 622. The van der Waals surface area contributed by atoms with E-state index in [1.165, 1.54) is 11.1 Å². The number of likely N-dealkylation sites (N-methyl/N-ethyl adjacent to an activating group) is 1. The smallest absolute Gasteiger partial charge is 0.243 e. The molecule has 5 heteroatoms. The van der Waals surface area contributed by atoms with Crippen molar-refractivity contribution in [3.63, 3.8) is 0 Å². The first-order chi connectivity index (χ1) is 11.0. The van der Waals surface area contributed by atoms with Gasteiger partial charge in [0.25, 0.3) is 0 Å². The third kappa shape index (κ3) is 4.48. The molecule has 1 heterocycles. The highest BCUT2D eigenvalue weighted by Gasteiger charge is 2.15. The van der Waals surface area contributed by atoms with E-state index in [0.29, 0.717) is 5.95 Å². The molecule has 0 aliphatic rings. The van der Waals surface area contributed by atoms with Crippen molar-refractivity contribution >= 4 is 5.95 Å². The molecule has 0 aliphatic heterocycles. The lowest BCUT2D eigenvalue weighted by molar-refractivity contribution is 0.311. The molecule has 0 amide bonds. The molecule has 1 atom stereocenters. The van der Waals surface area contributed by atoms with Gasteiger partial charge in [0.1, 0.15) is 0 Å². The van der Waals surface area contributed by atoms with Crippen LogP contribution in [0.4, 0.5) is 5.95 Å². The van der Waals surface area contributed by atoms with E-state index < -0.39 is 0 Å². The summed E-state index contributed by atoms with van der Waals surface area (Å²) >= 11 is 0. The Balaban J connectivity index is 2.11. The predicted molar refractivity (Wildman–Crippen MR) is 94.7 cm³/mol. The fourth-order valence-electron chi connectivity index (χ4n) is 2.59. The van der Waals surface area contributed by atoms with E-state index in [4.69, 9.17) is 0 Å². The van der Waals surface area contributed by atoms with Crippen molar-refractivity contribution in [1.29, 1.82) is 0 Å². The Morgan fingerprint density at radius 2 is 1.65 bits per heavy atom. The van der Waals surface area contributed by atoms with Crippen LogP contribution in [0.15, 0.2) is 24.3 Å². The number of hydrogen-bond donors (Lipinski definition) is 1. The summed E-state index contributed by atoms with van der Waals surface area (Å²) in [6.45, 7) is 7.03. The van der Waals surface area contributed by atoms with Crippen molar-refractivity contribution in [3.8, 4) is 0 Å². The number of hydrogen-bond acceptors (Lipinski definition) is 5. The van der Waals surface area contributed by atoms with Crippen molar-refractivity contribution in [2.75, 3.05) is 26.0 Å². The van der Waals surface area contributed by atoms with Crippen molar-refractivity contribution in [3.05, 3.63) is 46.8 Å². The second-order valence-corrected chi connectivity index (χ2v) is 6.01. The molecular formula is C18H27N5. The van der Waals surface area contributed by atoms with Gasteiger partial charge < -0.3 is 10.2 Å². The van der Waals surface area contributed by atoms with E-state index in [1.807, 2.05) is 0 Å². The van der Waals surface area contributed by atoms with Crippen LogP contribution in [0.3, 0.4) is 0 Å². The number of anilines is 1. The average molecular weight is 313 g/mol. The Morgan fingerprint density at radius 3 is 2.22 bits per heavy atom. The zero-order valence-electron chi connectivity index (χ0n) is 14.8. The number of rotatable bonds is 7. The Labute approximate surface area is 139 Å². The predicted octanol–water partition coefficient (Wildman–Crippen LogP) is 3.02. The molecule has 1 aromatic carbocycles. The van der Waals surface area contributed by atoms with Crippen molar-refractivity contribution < 1.29 is 0 Å². The molecule has 0 saturated heterocycles. The van der Waals surface area contributed by atoms with Crippen molar-refractivity contribution in [1.82, 2.24) is 20.1 Å². The maximum absolute atomic E-state index is 4.60. The summed E-state index contributed by atoms with van der Waals surface area (Å²) in [7, 11) is 4.17. The van der Waals surface area contributed by atoms with Gasteiger partial charge in [-0.3, -0.25) is 0 Å². The van der Waals surface area contributed by atoms with Crippen LogP contribution in [0.5, 0.6) is 0 Å². The summed E-state index contributed by atoms with van der Waals surface area (Å²) in [5.74, 6) is 0.609. The van der Waals surface area contributed by atoms with E-state index in [2.05, 4.69) is 84.5 Å². The van der Waals surface area contributed by atoms with Crippen LogP contribution >= 0.6 is 0 Å². The molecule has 0 radical (unpaired) electrons. The van der Waals surface area contributed by atoms with E-state index in [9.17, 15) is 0 Å². The van der Waals surface area contributed by atoms with E-state index in [-0.39, 0.29) is 6.04 Å². The summed E-state index contributed by atoms with van der Waals surface area (Å²) in [5.41, 5.74) is 4.57. The number of nitrogens with one attached hydrogen (secondary N) is 1. The molecule has 124 valence electrons. The third-order valence-corrected chi connectivity index (χ3v) is 4.05. The number of aromatic nitrogens is 3. The normalized spacial score (nSPS) is 12.4. The molecule has 2 aromatic rings. The lowest BCUT2D eigenvalue weighted by Crippen LogP contribution is -2.27. The highest BCUT2D eigenvalue weighted by molar-refractivity contribution is 5.29. The fraction of sp³-hybridized carbons (Fsp3) is 0.500. The first kappa shape index (κ1) is 17.3. The summed E-state index contributed by atoms with van der Waals surface area (Å²) in [4.78, 5) is 6.80. The molecule has 0 saturated carbocycles. The molecule has 0 bridgehead atoms. The molecule has 1 aromatic heterocycles. The van der Waals surface area contributed by atoms with Gasteiger partial charge in [-0.1, -0.05) is 43.7 Å². The van der Waals surface area contributed by atoms with Crippen LogP contribution in [-0.2, 0) is 12.8 Å². The molecular weight excluding hydrogens is 286 g/mol. The maximum atomic E-state index is 4.60. The van der Waals surface area contributed by atoms with Gasteiger partial charge in [0.15, 0.2) is 0 Å². The first-order valence-electron chi connectivity index (χ1n) is 8.24. The first-order valence-corrected chi connectivity index (χ1v) is 8.24. The molecule has 5 nitrogen and oxygen atoms in total. The van der Waals surface area contributed by atoms with Crippen LogP contribution in [0.1, 0.15) is 42.4 Å². The Morgan fingerprint density at radius 1 is 1.00 bits per heavy atom. The Hall–Kier alpha value is -2.01. The molecule has 1 unspecified atom stereocenters. The van der Waals surface area contributed by atoms with Crippen LogP contribution in [-0.4, -0.2) is 40.7 Å². The molecule has 0 fully saturated rings. The summed E-state index contributed by atoms with van der Waals surface area (Å²) in [5, 5.41) is 11.8. The highest BCUT2D eigenvalue weighted by Crippen LogP contribution is 2.19. The number of benzene rings is 1. The topological polar surface area (TPSA) is 53.9 Å². The van der Waals surface area contributed by atoms with Gasteiger partial charge in [-0.05, 0) is 39.4 Å². The summed E-state index contributed by atoms with van der Waals surface area (Å²) in [6, 6.07) is 8.91. The van der Waals surface area contributed by atoms with Gasteiger partial charge in [-0.25, -0.2) is 4.98 Å². The average Bonchev–Trinajstić information content (AvgIpc) is 2.56. The van der Waals surface area contributed by atoms with Crippen LogP contribution < -0.4 is 5.32 Å². The minimum Gasteiger partial charge on any atom is -0.351 e. The van der Waals surface area contributed by atoms with E-state index in [0.717, 1.165) is 30.8 Å². The maximum Gasteiger partial charge on any atom is 0.243 e. The molecule has 0 spiro atoms. The second kappa shape index (κ2) is 8.02. The summed E-state index contributed by atoms with van der Waals surface area (Å²) in [6.07, 6.45) is 1.75. The standard InChI is InChI=1S/C18H27N5/c1-6-15-16(7-2)21-22-18(20-15)19-12-17(23(4)5)14-10-8-13(3)9-11-14/h8-11,17H,6-7,12H2,1-5H3,(H,19,20,22). The van der Waals surface area contributed by atoms with E-state index >= 15 is 0 Å². The molecule has 2 rings (SSSR count). The number of nitrogens with zero attached hydrogens (tertiary/aromatic N) is 4. The van der Waals surface area contributed by atoms with Gasteiger partial charge in [0, 0.05) is 6.54 Å². The minimum absolute atomic E-state index is 0.259. The van der Waals surface area contributed by atoms with Gasteiger partial charge in [-0.2, -0.15) is 5.10 Å². The van der Waals surface area contributed by atoms with Crippen LogP contribution in [0.2, 0.25) is 0 Å². The Kier molecular flexibility index (Phi) is 6.04. The van der Waals surface area contributed by atoms with Crippen LogP contribution in [0, 0.1) is 6.92 Å². The van der Waals surface area contributed by atoms with Crippen molar-refractivity contribution in [2.45, 2.75) is 39.7 Å². The van der Waals surface area contributed by atoms with E-state index in [1.54, 1.807) is 0 Å². The highest BCUT2D eigenvalue weighted by atomic mass is 15.3. The SMILES string of the molecule is CCc1nnc(NCC(c2ccc(C)cc2)N(C)C)nc1CC. The number of aryl methyl sites for hydroxylation is 3. The van der Waals surface area contributed by atoms with Gasteiger partial charge in [0.05, 0.1) is 17.4 Å². The van der Waals surface area contributed by atoms with Gasteiger partial charge >= 0.3 is 0 Å². The quantitative estimate of drug-likeness (QED) is 0.851. The lowest BCUT2D eigenvalue weighted by Gasteiger charge is -2.25. The van der Waals surface area contributed by atoms with Crippen molar-refractivity contribution in [2.24, 2.45) is 0 Å². The zero-order valence-corrected chi connectivity index (χ0v) is 14.8. The monoisotopic (exact) mass is 313 g/mol. The summed E-state index contributed by atoms with van der Waals surface area (Å²) < 4.78 is 0. The fourth-order valence-corrected chi connectivity index (χ4v) is 2.59. The van der Waals surface area contributed by atoms with Gasteiger partial charge in [-0.15, -0.1) is 5.10 Å². The van der Waals surface area contributed by atoms with Gasteiger partial charge in [0.2, 0.25) is 5.95 Å². The largest absolute Gasteiger partial charge is 0.351 e. The third-order valence-electron chi connectivity index (χ3n) is 4.05. The molecule has 23 heavy (non-hydrogen) atoms. The minimum atomic E-state index is 0.259. The second-order valence-electron chi connectivity index (χ2n) is 6.01. The molecule has 0 aliphatic carbocycles.